The maximum absolute atomic E-state index is 11.8. The van der Waals surface area contributed by atoms with Gasteiger partial charge in [0.2, 0.25) is 5.91 Å². The second-order valence-corrected chi connectivity index (χ2v) is 7.13. The van der Waals surface area contributed by atoms with Crippen LogP contribution in [0, 0.1) is 6.92 Å². The summed E-state index contributed by atoms with van der Waals surface area (Å²) in [6, 6.07) is 4.05. The van der Waals surface area contributed by atoms with Crippen LogP contribution in [-0.2, 0) is 20.9 Å². The lowest BCUT2D eigenvalue weighted by Crippen LogP contribution is -2.58. The molecule has 0 aromatic carbocycles. The number of furan rings is 1. The highest BCUT2D eigenvalue weighted by Gasteiger charge is 2.42. The minimum Gasteiger partial charge on any atom is -0.475 e. The molecule has 1 N–H and O–H groups in total. The number of amides is 1. The second kappa shape index (κ2) is 9.45. The summed E-state index contributed by atoms with van der Waals surface area (Å²) in [6.07, 6.45) is -1.40. The van der Waals surface area contributed by atoms with Gasteiger partial charge in [-0.15, -0.1) is 6.58 Å². The van der Waals surface area contributed by atoms with E-state index in [9.17, 15) is 18.0 Å². The third-order valence-corrected chi connectivity index (χ3v) is 4.87. The Balaban J connectivity index is 0.000000370. The molecule has 29 heavy (non-hydrogen) atoms. The molecule has 3 heterocycles. The van der Waals surface area contributed by atoms with E-state index in [1.54, 1.807) is 6.08 Å². The number of likely N-dealkylation sites (tertiary alicyclic amines) is 1. The van der Waals surface area contributed by atoms with E-state index in [1.807, 2.05) is 24.0 Å². The van der Waals surface area contributed by atoms with Crippen molar-refractivity contribution in [2.45, 2.75) is 38.1 Å². The lowest BCUT2D eigenvalue weighted by Gasteiger charge is -2.46. The zero-order valence-electron chi connectivity index (χ0n) is 16.2. The Morgan fingerprint density at radius 1 is 1.34 bits per heavy atom. The van der Waals surface area contributed by atoms with Crippen molar-refractivity contribution in [3.05, 3.63) is 36.3 Å². The van der Waals surface area contributed by atoms with Gasteiger partial charge in [-0.25, -0.2) is 4.79 Å². The van der Waals surface area contributed by atoms with Gasteiger partial charge in [0, 0.05) is 19.6 Å². The zero-order valence-corrected chi connectivity index (χ0v) is 16.2. The van der Waals surface area contributed by atoms with Crippen LogP contribution in [0.3, 0.4) is 0 Å². The Kier molecular flexibility index (Phi) is 7.48. The number of piperidine rings is 1. The fourth-order valence-electron chi connectivity index (χ4n) is 3.32. The van der Waals surface area contributed by atoms with E-state index in [4.69, 9.17) is 19.1 Å². The molecule has 162 valence electrons. The van der Waals surface area contributed by atoms with Crippen molar-refractivity contribution in [1.82, 2.24) is 9.80 Å². The Bertz CT molecular complexity index is 724. The average molecular weight is 418 g/mol. The monoisotopic (exact) mass is 418 g/mol. The predicted molar refractivity (Wildman–Crippen MR) is 97.1 cm³/mol. The molecule has 3 rings (SSSR count). The van der Waals surface area contributed by atoms with Crippen LogP contribution in [-0.4, -0.2) is 71.3 Å². The maximum atomic E-state index is 11.8. The number of hydrogen-bond acceptors (Lipinski definition) is 5. The minimum atomic E-state index is -5.08. The van der Waals surface area contributed by atoms with Crippen molar-refractivity contribution in [2.75, 3.05) is 32.8 Å². The average Bonchev–Trinajstić information content (AvgIpc) is 3.05. The summed E-state index contributed by atoms with van der Waals surface area (Å²) in [6.45, 7) is 9.98. The third-order valence-electron chi connectivity index (χ3n) is 4.87. The fourth-order valence-corrected chi connectivity index (χ4v) is 3.32. The molecule has 2 fully saturated rings. The van der Waals surface area contributed by atoms with Crippen molar-refractivity contribution in [3.8, 4) is 0 Å². The van der Waals surface area contributed by atoms with E-state index in [1.165, 1.54) is 0 Å². The summed E-state index contributed by atoms with van der Waals surface area (Å²) >= 11 is 0. The summed E-state index contributed by atoms with van der Waals surface area (Å²) < 4.78 is 43.3. The smallest absolute Gasteiger partial charge is 0.475 e. The summed E-state index contributed by atoms with van der Waals surface area (Å²) in [5.41, 5.74) is -0.174. The number of carbonyl (C=O) groups is 2. The molecule has 1 aromatic rings. The largest absolute Gasteiger partial charge is 0.490 e. The number of alkyl halides is 3. The Labute approximate surface area is 166 Å². The van der Waals surface area contributed by atoms with Crippen LogP contribution in [0.25, 0.3) is 0 Å². The quantitative estimate of drug-likeness (QED) is 0.757. The SMILES string of the molecule is C=CCN1CC2(CCN(Cc3ccc(C)o3)CC2)OCC1=O.O=C(O)C(F)(F)F. The predicted octanol–water partition coefficient (Wildman–Crippen LogP) is 2.60. The molecule has 0 aliphatic carbocycles. The molecule has 0 atom stereocenters. The van der Waals surface area contributed by atoms with E-state index < -0.39 is 12.1 Å². The van der Waals surface area contributed by atoms with Crippen LogP contribution in [0.5, 0.6) is 0 Å². The lowest BCUT2D eigenvalue weighted by atomic mass is 9.89. The van der Waals surface area contributed by atoms with Crippen LogP contribution in [0.4, 0.5) is 13.2 Å². The molecule has 0 radical (unpaired) electrons. The number of carboxylic acid groups (broad SMARTS) is 1. The number of carbonyl (C=O) groups excluding carboxylic acids is 1. The molecule has 7 nitrogen and oxygen atoms in total. The van der Waals surface area contributed by atoms with Crippen molar-refractivity contribution < 1.29 is 37.0 Å². The first-order chi connectivity index (χ1) is 13.5. The number of morpholine rings is 1. The highest BCUT2D eigenvalue weighted by molar-refractivity contribution is 5.78. The third kappa shape index (κ3) is 6.60. The van der Waals surface area contributed by atoms with Gasteiger partial charge in [0.1, 0.15) is 18.1 Å². The highest BCUT2D eigenvalue weighted by atomic mass is 19.4. The first-order valence-electron chi connectivity index (χ1n) is 9.15. The first kappa shape index (κ1) is 23.0. The Morgan fingerprint density at radius 2 is 1.97 bits per heavy atom. The summed E-state index contributed by atoms with van der Waals surface area (Å²) in [5, 5.41) is 7.12. The molecule has 2 aliphatic heterocycles. The standard InChI is InChI=1S/C17H24N2O3.C2HF3O2/c1-3-8-19-13-17(21-12-16(19)20)6-9-18(10-7-17)11-15-5-4-14(2)22-15;3-2(4,5)1(6)7/h3-5H,1,6-13H2,2H3;(H,6,7). The Hall–Kier alpha value is -2.33. The normalized spacial score (nSPS) is 19.6. The second-order valence-electron chi connectivity index (χ2n) is 7.13. The molecule has 1 amide bonds. The number of ether oxygens (including phenoxy) is 1. The van der Waals surface area contributed by atoms with E-state index in [2.05, 4.69) is 11.5 Å². The molecule has 1 spiro atoms. The molecule has 10 heteroatoms. The van der Waals surface area contributed by atoms with Crippen molar-refractivity contribution in [3.63, 3.8) is 0 Å². The number of nitrogens with zero attached hydrogens (tertiary/aromatic N) is 2. The molecule has 2 aliphatic rings. The highest BCUT2D eigenvalue weighted by Crippen LogP contribution is 2.31. The molecule has 0 bridgehead atoms. The minimum absolute atomic E-state index is 0.0685. The van der Waals surface area contributed by atoms with Gasteiger partial charge in [-0.05, 0) is 31.9 Å². The van der Waals surface area contributed by atoms with Crippen molar-refractivity contribution in [1.29, 1.82) is 0 Å². The van der Waals surface area contributed by atoms with E-state index in [-0.39, 0.29) is 18.1 Å². The van der Waals surface area contributed by atoms with Gasteiger partial charge in [-0.3, -0.25) is 9.69 Å². The number of hydrogen-bond donors (Lipinski definition) is 1. The van der Waals surface area contributed by atoms with Crippen LogP contribution in [0.15, 0.2) is 29.2 Å². The zero-order chi connectivity index (χ0) is 21.7. The van der Waals surface area contributed by atoms with E-state index in [0.29, 0.717) is 13.1 Å². The molecule has 0 unspecified atom stereocenters. The molecule has 1 aromatic heterocycles. The maximum Gasteiger partial charge on any atom is 0.490 e. The first-order valence-corrected chi connectivity index (χ1v) is 9.15. The summed E-state index contributed by atoms with van der Waals surface area (Å²) in [7, 11) is 0. The number of aryl methyl sites for hydroxylation is 1. The fraction of sp³-hybridized carbons (Fsp3) is 0.579. The van der Waals surface area contributed by atoms with Crippen LogP contribution < -0.4 is 0 Å². The van der Waals surface area contributed by atoms with Gasteiger partial charge < -0.3 is 19.2 Å². The Morgan fingerprint density at radius 3 is 2.45 bits per heavy atom. The number of rotatable bonds is 4. The van der Waals surface area contributed by atoms with E-state index >= 15 is 0 Å². The summed E-state index contributed by atoms with van der Waals surface area (Å²) in [5.74, 6) is -0.717. The lowest BCUT2D eigenvalue weighted by molar-refractivity contribution is -0.192. The number of carboxylic acids is 1. The van der Waals surface area contributed by atoms with Gasteiger partial charge >= 0.3 is 12.1 Å². The number of aliphatic carboxylic acids is 1. The topological polar surface area (TPSA) is 83.2 Å². The van der Waals surface area contributed by atoms with Gasteiger partial charge in [-0.2, -0.15) is 13.2 Å². The molecule has 2 saturated heterocycles. The summed E-state index contributed by atoms with van der Waals surface area (Å²) in [4.78, 5) is 25.0. The molecular weight excluding hydrogens is 393 g/mol. The van der Waals surface area contributed by atoms with Gasteiger partial charge in [0.05, 0.1) is 18.7 Å². The van der Waals surface area contributed by atoms with Gasteiger partial charge in [0.25, 0.3) is 0 Å². The van der Waals surface area contributed by atoms with E-state index in [0.717, 1.165) is 44.0 Å². The van der Waals surface area contributed by atoms with Gasteiger partial charge in [-0.1, -0.05) is 6.08 Å². The number of halogens is 3. The molecular formula is C19H25F3N2O5. The van der Waals surface area contributed by atoms with Crippen LogP contribution >= 0.6 is 0 Å². The molecule has 0 saturated carbocycles. The van der Waals surface area contributed by atoms with Crippen LogP contribution in [0.1, 0.15) is 24.4 Å². The van der Waals surface area contributed by atoms with Crippen molar-refractivity contribution in [2.24, 2.45) is 0 Å². The van der Waals surface area contributed by atoms with Crippen LogP contribution in [0.2, 0.25) is 0 Å². The van der Waals surface area contributed by atoms with Gasteiger partial charge in [0.15, 0.2) is 0 Å². The van der Waals surface area contributed by atoms with Crippen molar-refractivity contribution >= 4 is 11.9 Å².